The number of nitrogens with one attached hydrogen (secondary N) is 2. The Morgan fingerprint density at radius 1 is 1.12 bits per heavy atom. The van der Waals surface area contributed by atoms with Gasteiger partial charge in [0.25, 0.3) is 0 Å². The Labute approximate surface area is 159 Å². The molecule has 2 aromatic rings. The number of anilines is 1. The summed E-state index contributed by atoms with van der Waals surface area (Å²) < 4.78 is 28.4. The summed E-state index contributed by atoms with van der Waals surface area (Å²) in [7, 11) is -3.21. The summed E-state index contributed by atoms with van der Waals surface area (Å²) in [5.41, 5.74) is 5.07. The van der Waals surface area contributed by atoms with E-state index in [2.05, 4.69) is 15.8 Å². The van der Waals surface area contributed by atoms with E-state index in [1.165, 1.54) is 6.26 Å². The molecule has 0 saturated carbocycles. The highest BCUT2D eigenvalue weighted by atomic mass is 32.2. The van der Waals surface area contributed by atoms with Gasteiger partial charge in [-0.25, -0.2) is 8.42 Å². The summed E-state index contributed by atoms with van der Waals surface area (Å²) in [4.78, 5) is 0.273. The maximum Gasteiger partial charge on any atom is 0.191 e. The second-order valence-electron chi connectivity index (χ2n) is 5.52. The fourth-order valence-electron chi connectivity index (χ4n) is 2.10. The highest BCUT2D eigenvalue weighted by Gasteiger charge is 2.07. The maximum atomic E-state index is 11.5. The number of benzene rings is 2. The van der Waals surface area contributed by atoms with Crippen molar-refractivity contribution in [3.05, 3.63) is 54.1 Å². The van der Waals surface area contributed by atoms with Gasteiger partial charge in [-0.1, -0.05) is 12.1 Å². The summed E-state index contributed by atoms with van der Waals surface area (Å²) in [5.74, 6) is 0.795. The van der Waals surface area contributed by atoms with E-state index in [4.69, 9.17) is 17.0 Å². The number of thiocarbonyl (C=S) groups is 1. The van der Waals surface area contributed by atoms with Gasteiger partial charge in [0.05, 0.1) is 17.2 Å². The number of hydrogen-bond acceptors (Lipinski definition) is 5. The molecule has 0 spiro atoms. The van der Waals surface area contributed by atoms with Gasteiger partial charge in [0, 0.05) is 11.9 Å². The van der Waals surface area contributed by atoms with E-state index in [1.54, 1.807) is 24.3 Å². The molecule has 26 heavy (non-hydrogen) atoms. The Bertz CT molecular complexity index is 890. The van der Waals surface area contributed by atoms with Crippen LogP contribution < -0.4 is 15.5 Å². The Kier molecular flexibility index (Phi) is 6.70. The van der Waals surface area contributed by atoms with Crippen molar-refractivity contribution < 1.29 is 13.2 Å². The average molecular weight is 392 g/mol. The van der Waals surface area contributed by atoms with Crippen LogP contribution in [0.25, 0.3) is 0 Å². The number of sulfone groups is 1. The fourth-order valence-corrected chi connectivity index (χ4v) is 2.90. The van der Waals surface area contributed by atoms with E-state index >= 15 is 0 Å². The predicted molar refractivity (Wildman–Crippen MR) is 109 cm³/mol. The standard InChI is InChI=1S/C18H21N3O3S2/c1-4-24-16-9-7-15(8-10-16)19-18(25)21-20-13(2)14-5-11-17(12-6-14)26(3,22)23/h5-12H,4H2,1-3H3,(H2,19,21,25)/b20-13-. The predicted octanol–water partition coefficient (Wildman–Crippen LogP) is 3.20. The molecule has 138 valence electrons. The molecule has 0 bridgehead atoms. The zero-order valence-corrected chi connectivity index (χ0v) is 16.4. The van der Waals surface area contributed by atoms with E-state index in [1.807, 2.05) is 38.1 Å². The molecule has 0 aliphatic rings. The van der Waals surface area contributed by atoms with Gasteiger partial charge < -0.3 is 10.1 Å². The van der Waals surface area contributed by atoms with Crippen LogP contribution in [0.2, 0.25) is 0 Å². The number of nitrogens with zero attached hydrogens (tertiary/aromatic N) is 1. The first-order valence-electron chi connectivity index (χ1n) is 7.94. The molecule has 0 radical (unpaired) electrons. The van der Waals surface area contributed by atoms with Crippen LogP contribution in [-0.4, -0.2) is 32.1 Å². The maximum absolute atomic E-state index is 11.5. The van der Waals surface area contributed by atoms with E-state index in [0.29, 0.717) is 17.4 Å². The third kappa shape index (κ3) is 5.82. The molecule has 2 aromatic carbocycles. The molecule has 0 heterocycles. The van der Waals surface area contributed by atoms with Crippen molar-refractivity contribution in [3.8, 4) is 5.75 Å². The van der Waals surface area contributed by atoms with Crippen LogP contribution >= 0.6 is 12.2 Å². The van der Waals surface area contributed by atoms with Crippen molar-refractivity contribution in [2.24, 2.45) is 5.10 Å². The molecule has 0 amide bonds. The molecule has 0 aliphatic carbocycles. The molecule has 6 nitrogen and oxygen atoms in total. The van der Waals surface area contributed by atoms with E-state index in [9.17, 15) is 8.42 Å². The Morgan fingerprint density at radius 2 is 1.73 bits per heavy atom. The smallest absolute Gasteiger partial charge is 0.191 e. The first-order valence-corrected chi connectivity index (χ1v) is 10.2. The minimum Gasteiger partial charge on any atom is -0.494 e. The van der Waals surface area contributed by atoms with Crippen molar-refractivity contribution >= 4 is 38.6 Å². The van der Waals surface area contributed by atoms with Gasteiger partial charge in [0.2, 0.25) is 0 Å². The SMILES string of the molecule is CCOc1ccc(NC(=S)N/N=C(/C)c2ccc(S(C)(=O)=O)cc2)cc1. The van der Waals surface area contributed by atoms with Crippen molar-refractivity contribution in [1.29, 1.82) is 0 Å². The molecule has 0 saturated heterocycles. The largest absolute Gasteiger partial charge is 0.494 e. The third-order valence-corrected chi connectivity index (χ3v) is 4.77. The van der Waals surface area contributed by atoms with Gasteiger partial charge >= 0.3 is 0 Å². The quantitative estimate of drug-likeness (QED) is 0.447. The number of ether oxygens (including phenoxy) is 1. The molecule has 0 atom stereocenters. The van der Waals surface area contributed by atoms with Crippen LogP contribution in [0.4, 0.5) is 5.69 Å². The summed E-state index contributed by atoms with van der Waals surface area (Å²) in [6, 6.07) is 14.0. The lowest BCUT2D eigenvalue weighted by molar-refractivity contribution is 0.340. The van der Waals surface area contributed by atoms with Crippen molar-refractivity contribution in [1.82, 2.24) is 5.43 Å². The number of rotatable bonds is 6. The lowest BCUT2D eigenvalue weighted by atomic mass is 10.1. The molecule has 0 fully saturated rings. The van der Waals surface area contributed by atoms with Gasteiger partial charge in [-0.15, -0.1) is 0 Å². The lowest BCUT2D eigenvalue weighted by Gasteiger charge is -2.09. The van der Waals surface area contributed by atoms with Gasteiger partial charge in [0.1, 0.15) is 5.75 Å². The summed E-state index contributed by atoms with van der Waals surface area (Å²) >= 11 is 5.22. The van der Waals surface area contributed by atoms with Gasteiger partial charge in [-0.05, 0) is 68.0 Å². The van der Waals surface area contributed by atoms with E-state index < -0.39 is 9.84 Å². The van der Waals surface area contributed by atoms with Gasteiger partial charge in [0.15, 0.2) is 14.9 Å². The monoisotopic (exact) mass is 391 g/mol. The summed E-state index contributed by atoms with van der Waals surface area (Å²) in [6.07, 6.45) is 1.18. The summed E-state index contributed by atoms with van der Waals surface area (Å²) in [5, 5.41) is 7.59. The summed E-state index contributed by atoms with van der Waals surface area (Å²) in [6.45, 7) is 4.36. The Morgan fingerprint density at radius 3 is 2.27 bits per heavy atom. The zero-order chi connectivity index (χ0) is 19.2. The van der Waals surface area contributed by atoms with Crippen LogP contribution in [0.5, 0.6) is 5.75 Å². The van der Waals surface area contributed by atoms with Crippen LogP contribution in [0.1, 0.15) is 19.4 Å². The number of hydrogen-bond donors (Lipinski definition) is 2. The molecule has 0 unspecified atom stereocenters. The molecule has 2 N–H and O–H groups in total. The molecule has 0 aromatic heterocycles. The highest BCUT2D eigenvalue weighted by Crippen LogP contribution is 2.15. The first-order chi connectivity index (χ1) is 12.3. The molecule has 8 heteroatoms. The molecular formula is C18H21N3O3S2. The van der Waals surface area contributed by atoms with Gasteiger partial charge in [-0.3, -0.25) is 5.43 Å². The molecule has 2 rings (SSSR count). The van der Waals surface area contributed by atoms with Crippen LogP contribution in [0, 0.1) is 0 Å². The first kappa shape index (κ1) is 19.9. The second-order valence-corrected chi connectivity index (χ2v) is 7.94. The Hall–Kier alpha value is -2.45. The molecular weight excluding hydrogens is 370 g/mol. The molecule has 0 aliphatic heterocycles. The Balaban J connectivity index is 1.96. The van der Waals surface area contributed by atoms with Crippen LogP contribution in [0.3, 0.4) is 0 Å². The van der Waals surface area contributed by atoms with E-state index in [-0.39, 0.29) is 4.90 Å². The van der Waals surface area contributed by atoms with Crippen molar-refractivity contribution in [2.45, 2.75) is 18.7 Å². The van der Waals surface area contributed by atoms with Crippen molar-refractivity contribution in [2.75, 3.05) is 18.2 Å². The second kappa shape index (κ2) is 8.77. The minimum atomic E-state index is -3.21. The minimum absolute atomic E-state index is 0.273. The zero-order valence-electron chi connectivity index (χ0n) is 14.8. The normalized spacial score (nSPS) is 11.7. The van der Waals surface area contributed by atoms with Gasteiger partial charge in [-0.2, -0.15) is 5.10 Å². The van der Waals surface area contributed by atoms with E-state index in [0.717, 1.165) is 17.0 Å². The third-order valence-electron chi connectivity index (χ3n) is 3.45. The lowest BCUT2D eigenvalue weighted by Crippen LogP contribution is -2.24. The van der Waals surface area contributed by atoms with Crippen LogP contribution in [-0.2, 0) is 9.84 Å². The topological polar surface area (TPSA) is 79.8 Å². The average Bonchev–Trinajstić information content (AvgIpc) is 2.61. The van der Waals surface area contributed by atoms with Crippen LogP contribution in [0.15, 0.2) is 58.5 Å². The number of hydrazone groups is 1. The van der Waals surface area contributed by atoms with Crippen molar-refractivity contribution in [3.63, 3.8) is 0 Å². The fraction of sp³-hybridized carbons (Fsp3) is 0.222. The highest BCUT2D eigenvalue weighted by molar-refractivity contribution is 7.90.